The van der Waals surface area contributed by atoms with Gasteiger partial charge in [-0.2, -0.15) is 12.6 Å². The maximum absolute atomic E-state index is 9.45. The summed E-state index contributed by atoms with van der Waals surface area (Å²) in [5.41, 5.74) is 0. The van der Waals surface area contributed by atoms with Gasteiger partial charge in [-0.05, 0) is 12.7 Å². The number of thiol groups is 1. The van der Waals surface area contributed by atoms with Gasteiger partial charge in [0.2, 0.25) is 6.41 Å². The molecule has 0 unspecified atom stereocenters. The van der Waals surface area contributed by atoms with Crippen LogP contribution in [-0.4, -0.2) is 19.2 Å². The molecule has 0 spiro atoms. The summed E-state index contributed by atoms with van der Waals surface area (Å²) in [6.45, 7) is 2.81. The maximum Gasteiger partial charge on any atom is 0.207 e. The Balaban J connectivity index is 0. The van der Waals surface area contributed by atoms with Gasteiger partial charge in [0.25, 0.3) is 0 Å². The van der Waals surface area contributed by atoms with Gasteiger partial charge in [-0.15, -0.1) is 0 Å². The topological polar surface area (TPSA) is 29.1 Å². The van der Waals surface area contributed by atoms with E-state index in [1.165, 1.54) is 0 Å². The van der Waals surface area contributed by atoms with Gasteiger partial charge < -0.3 is 5.32 Å². The number of hydrogen-bond acceptors (Lipinski definition) is 2. The first-order chi connectivity index (χ1) is 3.91. The average molecular weight is 135 g/mol. The van der Waals surface area contributed by atoms with Crippen LogP contribution in [0.25, 0.3) is 0 Å². The van der Waals surface area contributed by atoms with Crippen LogP contribution in [0, 0.1) is 0 Å². The predicted molar refractivity (Wildman–Crippen MR) is 39.3 cm³/mol. The van der Waals surface area contributed by atoms with Gasteiger partial charge in [-0.1, -0.05) is 6.92 Å². The van der Waals surface area contributed by atoms with Crippen molar-refractivity contribution in [3.8, 4) is 0 Å². The predicted octanol–water partition coefficient (Wildman–Crippen LogP) is 0.688. The lowest BCUT2D eigenvalue weighted by atomic mass is 10.5. The molecule has 0 aromatic rings. The molecule has 0 aliphatic rings. The van der Waals surface area contributed by atoms with E-state index < -0.39 is 0 Å². The van der Waals surface area contributed by atoms with Crippen molar-refractivity contribution in [1.82, 2.24) is 5.32 Å². The number of carbonyl (C=O) groups excluding carboxylic acids is 1. The van der Waals surface area contributed by atoms with Crippen LogP contribution in [-0.2, 0) is 4.79 Å². The van der Waals surface area contributed by atoms with E-state index in [2.05, 4.69) is 17.9 Å². The Morgan fingerprint density at radius 2 is 2.12 bits per heavy atom. The van der Waals surface area contributed by atoms with Gasteiger partial charge in [-0.3, -0.25) is 4.79 Å². The van der Waals surface area contributed by atoms with Crippen molar-refractivity contribution in [3.05, 3.63) is 0 Å². The Morgan fingerprint density at radius 3 is 2.25 bits per heavy atom. The van der Waals surface area contributed by atoms with E-state index in [0.29, 0.717) is 6.41 Å². The number of carbonyl (C=O) groups is 1. The van der Waals surface area contributed by atoms with Crippen LogP contribution in [0.5, 0.6) is 0 Å². The normalized spacial score (nSPS) is 6.38. The van der Waals surface area contributed by atoms with Crippen molar-refractivity contribution in [1.29, 1.82) is 0 Å². The summed E-state index contributed by atoms with van der Waals surface area (Å²) < 4.78 is 0. The molecule has 0 saturated carbocycles. The van der Waals surface area contributed by atoms with E-state index in [1.54, 1.807) is 6.26 Å². The smallest absolute Gasteiger partial charge is 0.207 e. The van der Waals surface area contributed by atoms with Crippen LogP contribution in [0.4, 0.5) is 0 Å². The molecule has 0 radical (unpaired) electrons. The third-order valence-corrected chi connectivity index (χ3v) is 0.478. The minimum absolute atomic E-state index is 0.712. The molecule has 1 amide bonds. The van der Waals surface area contributed by atoms with Gasteiger partial charge in [0, 0.05) is 6.54 Å². The lowest BCUT2D eigenvalue weighted by Gasteiger charge is -1.86. The zero-order valence-electron chi connectivity index (χ0n) is 5.35. The Labute approximate surface area is 56.1 Å². The number of rotatable bonds is 3. The highest BCUT2D eigenvalue weighted by Crippen LogP contribution is 1.63. The zero-order valence-corrected chi connectivity index (χ0v) is 6.24. The molecular weight excluding hydrogens is 122 g/mol. The molecule has 0 aromatic heterocycles. The standard InChI is InChI=1S/C4H9NO.CH4S/c1-2-3-5-4-6;1-2/h4H,2-3H2,1H3,(H,5,6);2H,1H3. The summed E-state index contributed by atoms with van der Waals surface area (Å²) in [6, 6.07) is 0. The summed E-state index contributed by atoms with van der Waals surface area (Å²) >= 11 is 3.53. The molecule has 0 saturated heterocycles. The number of hydrogen-bond donors (Lipinski definition) is 2. The molecule has 8 heavy (non-hydrogen) atoms. The van der Waals surface area contributed by atoms with Crippen LogP contribution < -0.4 is 5.32 Å². The van der Waals surface area contributed by atoms with E-state index in [9.17, 15) is 4.79 Å². The number of nitrogens with one attached hydrogen (secondary N) is 1. The molecule has 0 heterocycles. The molecule has 0 aliphatic carbocycles. The molecule has 0 aromatic carbocycles. The molecule has 50 valence electrons. The van der Waals surface area contributed by atoms with Crippen molar-refractivity contribution in [2.45, 2.75) is 13.3 Å². The molecule has 3 heteroatoms. The fourth-order valence-corrected chi connectivity index (χ4v) is 0.203. The minimum atomic E-state index is 0.712. The molecule has 0 bridgehead atoms. The molecule has 0 fully saturated rings. The minimum Gasteiger partial charge on any atom is -0.359 e. The molecule has 2 nitrogen and oxygen atoms in total. The first-order valence-electron chi connectivity index (χ1n) is 2.53. The summed E-state index contributed by atoms with van der Waals surface area (Å²) in [5, 5.41) is 2.52. The zero-order chi connectivity index (χ0) is 6.83. The van der Waals surface area contributed by atoms with E-state index in [0.717, 1.165) is 13.0 Å². The Hall–Kier alpha value is -0.180. The van der Waals surface area contributed by atoms with Crippen LogP contribution >= 0.6 is 12.6 Å². The van der Waals surface area contributed by atoms with E-state index in [-0.39, 0.29) is 0 Å². The second kappa shape index (κ2) is 15.8. The lowest BCUT2D eigenvalue weighted by Crippen LogP contribution is -2.10. The second-order valence-corrected chi connectivity index (χ2v) is 1.07. The SMILES string of the molecule is CCCNC=O.CS. The molecule has 0 aliphatic heterocycles. The highest BCUT2D eigenvalue weighted by atomic mass is 32.1. The molecule has 0 atom stereocenters. The maximum atomic E-state index is 9.45. The van der Waals surface area contributed by atoms with Crippen molar-refractivity contribution in [3.63, 3.8) is 0 Å². The third-order valence-electron chi connectivity index (χ3n) is 0.478. The van der Waals surface area contributed by atoms with Crippen molar-refractivity contribution >= 4 is 19.0 Å². The largest absolute Gasteiger partial charge is 0.359 e. The second-order valence-electron chi connectivity index (χ2n) is 1.07. The number of amides is 1. The van der Waals surface area contributed by atoms with E-state index in [4.69, 9.17) is 0 Å². The van der Waals surface area contributed by atoms with Gasteiger partial charge >= 0.3 is 0 Å². The summed E-state index contributed by atoms with van der Waals surface area (Å²) in [6.07, 6.45) is 3.42. The molecule has 1 N–H and O–H groups in total. The van der Waals surface area contributed by atoms with Crippen LogP contribution in [0.2, 0.25) is 0 Å². The Morgan fingerprint density at radius 1 is 1.62 bits per heavy atom. The van der Waals surface area contributed by atoms with Crippen molar-refractivity contribution in [2.24, 2.45) is 0 Å². The van der Waals surface area contributed by atoms with Gasteiger partial charge in [0.1, 0.15) is 0 Å². The highest BCUT2D eigenvalue weighted by molar-refractivity contribution is 7.79. The monoisotopic (exact) mass is 135 g/mol. The van der Waals surface area contributed by atoms with Crippen molar-refractivity contribution in [2.75, 3.05) is 12.8 Å². The van der Waals surface area contributed by atoms with Crippen LogP contribution in [0.3, 0.4) is 0 Å². The van der Waals surface area contributed by atoms with Gasteiger partial charge in [0.05, 0.1) is 0 Å². The fourth-order valence-electron chi connectivity index (χ4n) is 0.203. The average Bonchev–Trinajstić information content (AvgIpc) is 1.88. The lowest BCUT2D eigenvalue weighted by molar-refractivity contribution is -0.109. The summed E-state index contributed by atoms with van der Waals surface area (Å²) in [7, 11) is 0. The first kappa shape index (κ1) is 10.7. The highest BCUT2D eigenvalue weighted by Gasteiger charge is 1.69. The molecule has 0 rings (SSSR count). The Kier molecular flexibility index (Phi) is 21.2. The third kappa shape index (κ3) is 17.0. The van der Waals surface area contributed by atoms with Gasteiger partial charge in [-0.25, -0.2) is 0 Å². The van der Waals surface area contributed by atoms with E-state index >= 15 is 0 Å². The first-order valence-corrected chi connectivity index (χ1v) is 3.43. The fraction of sp³-hybridized carbons (Fsp3) is 0.800. The molecular formula is C5H13NOS. The van der Waals surface area contributed by atoms with Crippen LogP contribution in [0.1, 0.15) is 13.3 Å². The summed E-state index contributed by atoms with van der Waals surface area (Å²) in [4.78, 5) is 9.45. The van der Waals surface area contributed by atoms with Gasteiger partial charge in [0.15, 0.2) is 0 Å². The van der Waals surface area contributed by atoms with Crippen molar-refractivity contribution < 1.29 is 4.79 Å². The van der Waals surface area contributed by atoms with Crippen LogP contribution in [0.15, 0.2) is 0 Å². The van der Waals surface area contributed by atoms with E-state index in [1.807, 2.05) is 6.92 Å². The Bertz CT molecular complexity index is 41.4. The summed E-state index contributed by atoms with van der Waals surface area (Å²) in [5.74, 6) is 0. The quantitative estimate of drug-likeness (QED) is 0.333.